The number of halogens is 1. The summed E-state index contributed by atoms with van der Waals surface area (Å²) in [4.78, 5) is 0. The quantitative estimate of drug-likeness (QED) is 0.618. The van der Waals surface area contributed by atoms with Crippen LogP contribution in [-0.2, 0) is 5.60 Å². The van der Waals surface area contributed by atoms with Gasteiger partial charge in [-0.3, -0.25) is 0 Å². The Kier molecular flexibility index (Phi) is 3.07. The molecule has 0 radical (unpaired) electrons. The molecule has 0 aliphatic rings. The highest BCUT2D eigenvalue weighted by atomic mass is 35.5. The van der Waals surface area contributed by atoms with Crippen LogP contribution in [0.5, 0.6) is 0 Å². The van der Waals surface area contributed by atoms with Gasteiger partial charge in [-0.2, -0.15) is 0 Å². The fraction of sp³-hybridized carbons (Fsp3) is 0.455. The van der Waals surface area contributed by atoms with Crippen molar-refractivity contribution in [1.29, 1.82) is 0 Å². The largest absolute Gasteiger partial charge is 0.466 e. The molecule has 0 aliphatic heterocycles. The van der Waals surface area contributed by atoms with Crippen LogP contribution in [0, 0.1) is 5.41 Å². The predicted molar refractivity (Wildman–Crippen MR) is 57.3 cm³/mol. The lowest BCUT2D eigenvalue weighted by molar-refractivity contribution is -0.0449. The van der Waals surface area contributed by atoms with Gasteiger partial charge in [0.2, 0.25) is 0 Å². The molecule has 1 N–H and O–H groups in total. The van der Waals surface area contributed by atoms with E-state index in [1.165, 1.54) is 6.26 Å². The van der Waals surface area contributed by atoms with Gasteiger partial charge in [0.1, 0.15) is 11.4 Å². The number of rotatable bonds is 4. The topological polar surface area (TPSA) is 33.4 Å². The number of hydrogen-bond donors (Lipinski definition) is 1. The van der Waals surface area contributed by atoms with Gasteiger partial charge in [0.25, 0.3) is 0 Å². The third kappa shape index (κ3) is 1.60. The van der Waals surface area contributed by atoms with Gasteiger partial charge in [-0.15, -0.1) is 18.2 Å². The molecule has 0 saturated carbocycles. The average Bonchev–Trinajstić information content (AvgIpc) is 2.69. The summed E-state index contributed by atoms with van der Waals surface area (Å²) in [5.41, 5.74) is -1.74. The molecule has 0 fully saturated rings. The maximum Gasteiger partial charge on any atom is 0.144 e. The molecule has 1 atom stereocenters. The Hall–Kier alpha value is -0.730. The molecule has 1 aromatic rings. The second-order valence-electron chi connectivity index (χ2n) is 3.90. The summed E-state index contributed by atoms with van der Waals surface area (Å²) in [5.74, 6) is 0.539. The molecule has 0 bridgehead atoms. The Morgan fingerprint density at radius 2 is 2.29 bits per heavy atom. The van der Waals surface area contributed by atoms with Crippen LogP contribution < -0.4 is 0 Å². The van der Waals surface area contributed by atoms with Crippen LogP contribution in [0.15, 0.2) is 35.5 Å². The van der Waals surface area contributed by atoms with Crippen LogP contribution in [0.4, 0.5) is 0 Å². The zero-order valence-corrected chi connectivity index (χ0v) is 9.21. The van der Waals surface area contributed by atoms with Crippen LogP contribution in [0.3, 0.4) is 0 Å². The fourth-order valence-corrected chi connectivity index (χ4v) is 1.71. The van der Waals surface area contributed by atoms with Gasteiger partial charge in [0.15, 0.2) is 0 Å². The first kappa shape index (κ1) is 11.3. The van der Waals surface area contributed by atoms with Crippen molar-refractivity contribution in [2.45, 2.75) is 19.4 Å². The fourth-order valence-electron chi connectivity index (χ4n) is 1.24. The molecule has 3 heteroatoms. The van der Waals surface area contributed by atoms with E-state index < -0.39 is 11.0 Å². The molecular weight excluding hydrogens is 200 g/mol. The molecule has 2 nitrogen and oxygen atoms in total. The molecule has 0 amide bonds. The minimum atomic E-state index is -1.21. The lowest BCUT2D eigenvalue weighted by atomic mass is 9.74. The van der Waals surface area contributed by atoms with Gasteiger partial charge in [-0.25, -0.2) is 0 Å². The monoisotopic (exact) mass is 214 g/mol. The van der Waals surface area contributed by atoms with Crippen molar-refractivity contribution >= 4 is 11.6 Å². The van der Waals surface area contributed by atoms with E-state index in [4.69, 9.17) is 16.0 Å². The predicted octanol–water partition coefficient (Wildman–Crippen LogP) is 2.92. The van der Waals surface area contributed by atoms with Gasteiger partial charge >= 0.3 is 0 Å². The first-order valence-electron chi connectivity index (χ1n) is 4.44. The van der Waals surface area contributed by atoms with Crippen molar-refractivity contribution < 1.29 is 9.52 Å². The zero-order valence-electron chi connectivity index (χ0n) is 8.46. The first-order valence-corrected chi connectivity index (χ1v) is 4.97. The van der Waals surface area contributed by atoms with Gasteiger partial charge in [0.05, 0.1) is 12.1 Å². The first-order chi connectivity index (χ1) is 6.48. The SMILES string of the molecule is C=CC(C)(C)C(O)(CCl)c1ccco1. The van der Waals surface area contributed by atoms with Crippen molar-refractivity contribution in [1.82, 2.24) is 0 Å². The molecule has 0 aromatic carbocycles. The highest BCUT2D eigenvalue weighted by Crippen LogP contribution is 2.41. The number of hydrogen-bond acceptors (Lipinski definition) is 2. The van der Waals surface area contributed by atoms with Crippen molar-refractivity contribution in [2.24, 2.45) is 5.41 Å². The number of alkyl halides is 1. The number of aliphatic hydroxyl groups is 1. The van der Waals surface area contributed by atoms with Crippen LogP contribution in [0.25, 0.3) is 0 Å². The molecule has 14 heavy (non-hydrogen) atoms. The highest BCUT2D eigenvalue weighted by Gasteiger charge is 2.44. The van der Waals surface area contributed by atoms with Crippen LogP contribution in [0.1, 0.15) is 19.6 Å². The van der Waals surface area contributed by atoms with Gasteiger partial charge in [-0.1, -0.05) is 19.9 Å². The maximum absolute atomic E-state index is 10.4. The van der Waals surface area contributed by atoms with E-state index >= 15 is 0 Å². The Morgan fingerprint density at radius 1 is 1.64 bits per heavy atom. The molecule has 78 valence electrons. The van der Waals surface area contributed by atoms with Crippen molar-refractivity contribution in [3.63, 3.8) is 0 Å². The molecule has 1 unspecified atom stereocenters. The Labute approximate surface area is 89.2 Å². The van der Waals surface area contributed by atoms with Crippen molar-refractivity contribution in [3.8, 4) is 0 Å². The van der Waals surface area contributed by atoms with Crippen LogP contribution in [0.2, 0.25) is 0 Å². The molecule has 0 aliphatic carbocycles. The Morgan fingerprint density at radius 3 is 2.64 bits per heavy atom. The second-order valence-corrected chi connectivity index (χ2v) is 4.16. The normalized spacial score (nSPS) is 16.3. The Bertz CT molecular complexity index is 303. The average molecular weight is 215 g/mol. The van der Waals surface area contributed by atoms with E-state index in [2.05, 4.69) is 6.58 Å². The maximum atomic E-state index is 10.4. The molecule has 1 rings (SSSR count). The third-order valence-electron chi connectivity index (χ3n) is 2.70. The molecular formula is C11H15ClO2. The van der Waals surface area contributed by atoms with Crippen LogP contribution in [-0.4, -0.2) is 11.0 Å². The summed E-state index contributed by atoms with van der Waals surface area (Å²) in [6, 6.07) is 3.44. The lowest BCUT2D eigenvalue weighted by Gasteiger charge is -2.37. The summed E-state index contributed by atoms with van der Waals surface area (Å²) in [6.07, 6.45) is 3.20. The zero-order chi connectivity index (χ0) is 10.8. The van der Waals surface area contributed by atoms with Gasteiger partial charge in [0, 0.05) is 5.41 Å². The van der Waals surface area contributed by atoms with E-state index in [1.54, 1.807) is 18.2 Å². The molecule has 1 aromatic heterocycles. The smallest absolute Gasteiger partial charge is 0.144 e. The van der Waals surface area contributed by atoms with Gasteiger partial charge in [-0.05, 0) is 12.1 Å². The van der Waals surface area contributed by atoms with Crippen molar-refractivity contribution in [2.75, 3.05) is 5.88 Å². The molecule has 1 heterocycles. The highest BCUT2D eigenvalue weighted by molar-refractivity contribution is 6.18. The summed E-state index contributed by atoms with van der Waals surface area (Å²) < 4.78 is 5.20. The van der Waals surface area contributed by atoms with E-state index in [0.717, 1.165) is 0 Å². The molecule has 0 saturated heterocycles. The van der Waals surface area contributed by atoms with Gasteiger partial charge < -0.3 is 9.52 Å². The lowest BCUT2D eigenvalue weighted by Crippen LogP contribution is -2.42. The Balaban J connectivity index is 3.16. The van der Waals surface area contributed by atoms with E-state index in [9.17, 15) is 5.11 Å². The second kappa shape index (κ2) is 3.79. The standard InChI is InChI=1S/C11H15ClO2/c1-4-10(2,3)11(13,8-12)9-6-5-7-14-9/h4-7,13H,1,8H2,2-3H3. The molecule has 0 spiro atoms. The van der Waals surface area contributed by atoms with E-state index in [0.29, 0.717) is 5.76 Å². The summed E-state index contributed by atoms with van der Waals surface area (Å²) in [7, 11) is 0. The van der Waals surface area contributed by atoms with E-state index in [1.807, 2.05) is 13.8 Å². The number of furan rings is 1. The third-order valence-corrected chi connectivity index (χ3v) is 3.09. The summed E-state index contributed by atoms with van der Waals surface area (Å²) >= 11 is 5.81. The summed E-state index contributed by atoms with van der Waals surface area (Å²) in [6.45, 7) is 7.43. The minimum Gasteiger partial charge on any atom is -0.466 e. The van der Waals surface area contributed by atoms with E-state index in [-0.39, 0.29) is 5.88 Å². The minimum absolute atomic E-state index is 0.0690. The summed E-state index contributed by atoms with van der Waals surface area (Å²) in [5, 5.41) is 10.4. The van der Waals surface area contributed by atoms with Crippen LogP contribution >= 0.6 is 11.6 Å². The van der Waals surface area contributed by atoms with Crippen molar-refractivity contribution in [3.05, 3.63) is 36.8 Å².